The van der Waals surface area contributed by atoms with Gasteiger partial charge in [-0.05, 0) is 49.9 Å². The molecule has 0 fully saturated rings. The van der Waals surface area contributed by atoms with Crippen LogP contribution in [0.5, 0.6) is 0 Å². The van der Waals surface area contributed by atoms with Gasteiger partial charge in [0.1, 0.15) is 6.61 Å². The highest BCUT2D eigenvalue weighted by molar-refractivity contribution is 5.98. The van der Waals surface area contributed by atoms with Crippen molar-refractivity contribution in [3.8, 4) is 0 Å². The van der Waals surface area contributed by atoms with E-state index in [0.29, 0.717) is 13.2 Å². The molecule has 0 aliphatic rings. The lowest BCUT2D eigenvalue weighted by Crippen LogP contribution is -2.12. The molecular formula is C15H22O3. The number of rotatable bonds is 7. The van der Waals surface area contributed by atoms with E-state index in [0.717, 1.165) is 23.1 Å². The number of aryl methyl sites for hydroxylation is 3. The largest absolute Gasteiger partial charge is 0.385 e. The number of carbonyl (C=O) groups excluding carboxylic acids is 1. The summed E-state index contributed by atoms with van der Waals surface area (Å²) >= 11 is 0. The van der Waals surface area contributed by atoms with Gasteiger partial charge in [0, 0.05) is 25.9 Å². The first-order chi connectivity index (χ1) is 8.56. The molecule has 18 heavy (non-hydrogen) atoms. The van der Waals surface area contributed by atoms with Gasteiger partial charge in [0.25, 0.3) is 0 Å². The van der Waals surface area contributed by atoms with Gasteiger partial charge in [0.2, 0.25) is 0 Å². The molecule has 0 aliphatic heterocycles. The second kappa shape index (κ2) is 7.29. The van der Waals surface area contributed by atoms with Crippen LogP contribution in [0.1, 0.15) is 33.5 Å². The zero-order valence-electron chi connectivity index (χ0n) is 11.7. The minimum atomic E-state index is 0.0491. The number of methoxy groups -OCH3 is 1. The van der Waals surface area contributed by atoms with Crippen LogP contribution >= 0.6 is 0 Å². The molecule has 0 aromatic heterocycles. The Labute approximate surface area is 109 Å². The average Bonchev–Trinajstić information content (AvgIpc) is 2.33. The van der Waals surface area contributed by atoms with E-state index in [1.165, 1.54) is 5.56 Å². The lowest BCUT2D eigenvalue weighted by Gasteiger charge is -2.09. The van der Waals surface area contributed by atoms with E-state index in [4.69, 9.17) is 9.47 Å². The predicted octanol–water partition coefficient (Wildman–Crippen LogP) is 2.85. The summed E-state index contributed by atoms with van der Waals surface area (Å²) < 4.78 is 10.3. The summed E-state index contributed by atoms with van der Waals surface area (Å²) in [7, 11) is 1.66. The van der Waals surface area contributed by atoms with Crippen molar-refractivity contribution in [1.29, 1.82) is 0 Å². The third-order valence-corrected chi connectivity index (χ3v) is 3.01. The first-order valence-corrected chi connectivity index (χ1v) is 6.24. The molecular weight excluding hydrogens is 228 g/mol. The first kappa shape index (κ1) is 14.9. The molecule has 0 spiro atoms. The van der Waals surface area contributed by atoms with Crippen LogP contribution in [0.25, 0.3) is 0 Å². The molecule has 0 N–H and O–H groups in total. The molecule has 0 heterocycles. The molecule has 0 bridgehead atoms. The monoisotopic (exact) mass is 250 g/mol. The lowest BCUT2D eigenvalue weighted by molar-refractivity contribution is 0.0704. The second-order valence-electron chi connectivity index (χ2n) is 4.57. The Morgan fingerprint density at radius 1 is 1.06 bits per heavy atom. The van der Waals surface area contributed by atoms with Crippen LogP contribution in [0.2, 0.25) is 0 Å². The topological polar surface area (TPSA) is 35.5 Å². The van der Waals surface area contributed by atoms with Gasteiger partial charge in [-0.1, -0.05) is 6.07 Å². The van der Waals surface area contributed by atoms with Crippen molar-refractivity contribution in [1.82, 2.24) is 0 Å². The molecule has 100 valence electrons. The quantitative estimate of drug-likeness (QED) is 0.551. The zero-order valence-corrected chi connectivity index (χ0v) is 11.7. The maximum absolute atomic E-state index is 12.0. The van der Waals surface area contributed by atoms with Gasteiger partial charge < -0.3 is 9.47 Å². The van der Waals surface area contributed by atoms with Crippen LogP contribution in [0.4, 0.5) is 0 Å². The number of benzene rings is 1. The summed E-state index contributed by atoms with van der Waals surface area (Å²) in [4.78, 5) is 12.0. The minimum absolute atomic E-state index is 0.0491. The van der Waals surface area contributed by atoms with Crippen LogP contribution in [0.3, 0.4) is 0 Å². The van der Waals surface area contributed by atoms with E-state index >= 15 is 0 Å². The fourth-order valence-corrected chi connectivity index (χ4v) is 1.81. The first-order valence-electron chi connectivity index (χ1n) is 6.24. The standard InChI is InChI=1S/C15H22O3/c1-11-8-13(3)14(9-12(11)2)15(16)10-18-7-5-6-17-4/h8-9H,5-7,10H2,1-4H3. The van der Waals surface area contributed by atoms with Crippen molar-refractivity contribution in [3.05, 3.63) is 34.4 Å². The fourth-order valence-electron chi connectivity index (χ4n) is 1.81. The Balaban J connectivity index is 2.54. The van der Waals surface area contributed by atoms with Gasteiger partial charge in [-0.3, -0.25) is 4.79 Å². The summed E-state index contributed by atoms with van der Waals surface area (Å²) in [5.74, 6) is 0.0491. The zero-order chi connectivity index (χ0) is 13.5. The SMILES string of the molecule is COCCCOCC(=O)c1cc(C)c(C)cc1C. The van der Waals surface area contributed by atoms with Crippen molar-refractivity contribution in [2.45, 2.75) is 27.2 Å². The molecule has 0 saturated carbocycles. The highest BCUT2D eigenvalue weighted by Gasteiger charge is 2.10. The van der Waals surface area contributed by atoms with Crippen LogP contribution in [-0.2, 0) is 9.47 Å². The van der Waals surface area contributed by atoms with E-state index in [9.17, 15) is 4.79 Å². The number of Topliss-reactive ketones (excluding diaryl/α,β-unsaturated/α-hetero) is 1. The second-order valence-corrected chi connectivity index (χ2v) is 4.57. The van der Waals surface area contributed by atoms with Crippen molar-refractivity contribution >= 4 is 5.78 Å². The molecule has 0 atom stereocenters. The molecule has 3 heteroatoms. The predicted molar refractivity (Wildman–Crippen MR) is 72.3 cm³/mol. The van der Waals surface area contributed by atoms with Gasteiger partial charge in [0.05, 0.1) is 0 Å². The Kier molecular flexibility index (Phi) is 6.02. The Morgan fingerprint density at radius 3 is 2.39 bits per heavy atom. The third-order valence-electron chi connectivity index (χ3n) is 3.01. The molecule has 3 nitrogen and oxygen atoms in total. The van der Waals surface area contributed by atoms with Crippen LogP contribution in [0.15, 0.2) is 12.1 Å². The van der Waals surface area contributed by atoms with E-state index in [2.05, 4.69) is 6.92 Å². The summed E-state index contributed by atoms with van der Waals surface area (Å²) in [5, 5.41) is 0. The number of carbonyl (C=O) groups is 1. The third kappa shape index (κ3) is 4.24. The molecule has 1 rings (SSSR count). The summed E-state index contributed by atoms with van der Waals surface area (Å²) in [6.45, 7) is 7.40. The average molecular weight is 250 g/mol. The van der Waals surface area contributed by atoms with Gasteiger partial charge in [-0.15, -0.1) is 0 Å². The Hall–Kier alpha value is -1.19. The molecule has 1 aromatic rings. The fraction of sp³-hybridized carbons (Fsp3) is 0.533. The lowest BCUT2D eigenvalue weighted by atomic mass is 9.98. The maximum Gasteiger partial charge on any atom is 0.188 e. The van der Waals surface area contributed by atoms with Crippen LogP contribution < -0.4 is 0 Å². The molecule has 0 radical (unpaired) electrons. The van der Waals surface area contributed by atoms with E-state index in [1.54, 1.807) is 7.11 Å². The van der Waals surface area contributed by atoms with Crippen LogP contribution in [-0.4, -0.2) is 32.7 Å². The van der Waals surface area contributed by atoms with Crippen molar-refractivity contribution < 1.29 is 14.3 Å². The van der Waals surface area contributed by atoms with Gasteiger partial charge >= 0.3 is 0 Å². The van der Waals surface area contributed by atoms with Crippen molar-refractivity contribution in [2.75, 3.05) is 26.9 Å². The maximum atomic E-state index is 12.0. The van der Waals surface area contributed by atoms with E-state index in [1.807, 2.05) is 26.0 Å². The van der Waals surface area contributed by atoms with Crippen molar-refractivity contribution in [3.63, 3.8) is 0 Å². The van der Waals surface area contributed by atoms with Crippen molar-refractivity contribution in [2.24, 2.45) is 0 Å². The minimum Gasteiger partial charge on any atom is -0.385 e. The van der Waals surface area contributed by atoms with Gasteiger partial charge in [0.15, 0.2) is 5.78 Å². The van der Waals surface area contributed by atoms with Gasteiger partial charge in [-0.2, -0.15) is 0 Å². The number of hydrogen-bond donors (Lipinski definition) is 0. The molecule has 0 unspecified atom stereocenters. The van der Waals surface area contributed by atoms with E-state index in [-0.39, 0.29) is 12.4 Å². The summed E-state index contributed by atoms with van der Waals surface area (Å²) in [6.07, 6.45) is 0.815. The normalized spacial score (nSPS) is 10.7. The Bertz CT molecular complexity index is 410. The number of ketones is 1. The van der Waals surface area contributed by atoms with Crippen LogP contribution in [0, 0.1) is 20.8 Å². The van der Waals surface area contributed by atoms with E-state index < -0.39 is 0 Å². The highest BCUT2D eigenvalue weighted by atomic mass is 16.5. The summed E-state index contributed by atoms with van der Waals surface area (Å²) in [6, 6.07) is 4.00. The van der Waals surface area contributed by atoms with Gasteiger partial charge in [-0.25, -0.2) is 0 Å². The Morgan fingerprint density at radius 2 is 1.72 bits per heavy atom. The molecule has 1 aromatic carbocycles. The molecule has 0 saturated heterocycles. The highest BCUT2D eigenvalue weighted by Crippen LogP contribution is 2.15. The molecule has 0 aliphatic carbocycles. The smallest absolute Gasteiger partial charge is 0.188 e. The summed E-state index contributed by atoms with van der Waals surface area (Å²) in [5.41, 5.74) is 4.14. The molecule has 0 amide bonds. The number of ether oxygens (including phenoxy) is 2. The number of hydrogen-bond acceptors (Lipinski definition) is 3.